The van der Waals surface area contributed by atoms with E-state index in [-0.39, 0.29) is 11.8 Å². The van der Waals surface area contributed by atoms with Gasteiger partial charge in [-0.05, 0) is 54.1 Å². The monoisotopic (exact) mass is 482 g/mol. The van der Waals surface area contributed by atoms with Crippen molar-refractivity contribution in [1.82, 2.24) is 0 Å². The Morgan fingerprint density at radius 1 is 0.833 bits per heavy atom. The Kier molecular flexibility index (Phi) is 4.85. The molecule has 5 nitrogen and oxygen atoms in total. The smallest absolute Gasteiger partial charge is 0.266 e. The molecular weight excluding hydrogens is 468 g/mol. The molecule has 5 rings (SSSR count). The third kappa shape index (κ3) is 3.12. The molecule has 0 saturated carbocycles. The zero-order valence-corrected chi connectivity index (χ0v) is 18.0. The molecule has 0 N–H and O–H groups in total. The minimum absolute atomic E-state index is 0.282. The lowest BCUT2D eigenvalue weighted by Crippen LogP contribution is -2.37. The zero-order valence-electron chi connectivity index (χ0n) is 15.6. The van der Waals surface area contributed by atoms with Crippen LogP contribution in [0.4, 0.5) is 11.4 Å². The molecular formula is C23H16BrClN2O3. The predicted molar refractivity (Wildman–Crippen MR) is 118 cm³/mol. The molecule has 0 unspecified atom stereocenters. The Bertz CT molecular complexity index is 1120. The van der Waals surface area contributed by atoms with E-state index in [4.69, 9.17) is 16.4 Å². The van der Waals surface area contributed by atoms with E-state index in [9.17, 15) is 9.59 Å². The molecule has 2 fully saturated rings. The topological polar surface area (TPSA) is 49.9 Å². The number of nitrogens with zero attached hydrogens (tertiary/aromatic N) is 2. The minimum atomic E-state index is -0.898. The molecule has 0 aromatic heterocycles. The third-order valence-corrected chi connectivity index (χ3v) is 6.16. The van der Waals surface area contributed by atoms with Gasteiger partial charge in [0.15, 0.2) is 6.10 Å². The summed E-state index contributed by atoms with van der Waals surface area (Å²) >= 11 is 9.62. The van der Waals surface area contributed by atoms with Gasteiger partial charge in [-0.3, -0.25) is 14.4 Å². The number of hydrogen-bond donors (Lipinski definition) is 0. The molecule has 2 aliphatic rings. The predicted octanol–water partition coefficient (Wildman–Crippen LogP) is 5.15. The number of carbonyl (C=O) groups excluding carboxylic acids is 2. The maximum atomic E-state index is 13.5. The Hall–Kier alpha value is -2.67. The summed E-state index contributed by atoms with van der Waals surface area (Å²) in [4.78, 5) is 34.0. The van der Waals surface area contributed by atoms with Crippen molar-refractivity contribution in [3.63, 3.8) is 0 Å². The van der Waals surface area contributed by atoms with Crippen LogP contribution in [0.25, 0.3) is 0 Å². The number of para-hydroxylation sites is 1. The summed E-state index contributed by atoms with van der Waals surface area (Å²) in [6.45, 7) is 0. The van der Waals surface area contributed by atoms with Gasteiger partial charge in [-0.2, -0.15) is 0 Å². The molecule has 2 heterocycles. The largest absolute Gasteiger partial charge is 0.273 e. The SMILES string of the molecule is O=C1[C@H]2[C@@H](c3cccc(Cl)c3)N(c3ccccc3)O[C@H]2C(=O)N1c1ccc(Br)cc1. The van der Waals surface area contributed by atoms with Gasteiger partial charge in [-0.25, -0.2) is 9.96 Å². The number of hydrogen-bond acceptors (Lipinski definition) is 4. The van der Waals surface area contributed by atoms with Gasteiger partial charge in [0.25, 0.3) is 5.91 Å². The van der Waals surface area contributed by atoms with E-state index in [2.05, 4.69) is 15.9 Å². The van der Waals surface area contributed by atoms with E-state index in [0.29, 0.717) is 10.7 Å². The Balaban J connectivity index is 1.59. The van der Waals surface area contributed by atoms with Gasteiger partial charge in [0.2, 0.25) is 5.91 Å². The molecule has 2 saturated heterocycles. The van der Waals surface area contributed by atoms with Crippen LogP contribution in [0, 0.1) is 5.92 Å². The second-order valence-corrected chi connectivity index (χ2v) is 8.55. The number of imide groups is 1. The summed E-state index contributed by atoms with van der Waals surface area (Å²) in [7, 11) is 0. The lowest BCUT2D eigenvalue weighted by Gasteiger charge is -2.28. The number of carbonyl (C=O) groups is 2. The third-order valence-electron chi connectivity index (χ3n) is 5.40. The molecule has 0 spiro atoms. The summed E-state index contributed by atoms with van der Waals surface area (Å²) < 4.78 is 0.869. The molecule has 7 heteroatoms. The highest BCUT2D eigenvalue weighted by atomic mass is 79.9. The normalized spacial score (nSPS) is 23.2. The molecule has 0 aliphatic carbocycles. The van der Waals surface area contributed by atoms with Crippen molar-refractivity contribution < 1.29 is 14.4 Å². The summed E-state index contributed by atoms with van der Waals surface area (Å²) in [6.07, 6.45) is -0.898. The van der Waals surface area contributed by atoms with Gasteiger partial charge in [-0.15, -0.1) is 0 Å². The molecule has 3 aromatic carbocycles. The lowest BCUT2D eigenvalue weighted by atomic mass is 9.90. The summed E-state index contributed by atoms with van der Waals surface area (Å²) in [5.74, 6) is -1.33. The molecule has 0 bridgehead atoms. The molecule has 3 aromatic rings. The first-order valence-electron chi connectivity index (χ1n) is 9.44. The van der Waals surface area contributed by atoms with Crippen LogP contribution in [0.1, 0.15) is 11.6 Å². The van der Waals surface area contributed by atoms with Crippen molar-refractivity contribution in [3.05, 3.63) is 93.9 Å². The number of fused-ring (bicyclic) bond motifs is 1. The van der Waals surface area contributed by atoms with Crippen LogP contribution in [0.5, 0.6) is 0 Å². The van der Waals surface area contributed by atoms with Crippen molar-refractivity contribution in [2.45, 2.75) is 12.1 Å². The Morgan fingerprint density at radius 2 is 1.57 bits per heavy atom. The molecule has 2 aliphatic heterocycles. The zero-order chi connectivity index (χ0) is 20.8. The van der Waals surface area contributed by atoms with Crippen LogP contribution in [0.15, 0.2) is 83.3 Å². The first-order chi connectivity index (χ1) is 14.5. The van der Waals surface area contributed by atoms with Gasteiger partial charge < -0.3 is 0 Å². The number of hydroxylamine groups is 1. The van der Waals surface area contributed by atoms with Crippen molar-refractivity contribution >= 4 is 50.7 Å². The van der Waals surface area contributed by atoms with Crippen molar-refractivity contribution in [2.75, 3.05) is 9.96 Å². The second-order valence-electron chi connectivity index (χ2n) is 7.20. The van der Waals surface area contributed by atoms with Crippen LogP contribution >= 0.6 is 27.5 Å². The van der Waals surface area contributed by atoms with Crippen LogP contribution in [-0.4, -0.2) is 17.9 Å². The maximum absolute atomic E-state index is 13.5. The van der Waals surface area contributed by atoms with E-state index >= 15 is 0 Å². The van der Waals surface area contributed by atoms with Gasteiger partial charge in [0.05, 0.1) is 17.4 Å². The van der Waals surface area contributed by atoms with Gasteiger partial charge in [0, 0.05) is 9.50 Å². The number of halogens is 2. The Labute approximate surface area is 186 Å². The average Bonchev–Trinajstić information content (AvgIpc) is 3.26. The molecule has 2 amide bonds. The number of amides is 2. The summed E-state index contributed by atoms with van der Waals surface area (Å²) in [5, 5.41) is 2.22. The van der Waals surface area contributed by atoms with Crippen LogP contribution in [-0.2, 0) is 14.4 Å². The molecule has 3 atom stereocenters. The van der Waals surface area contributed by atoms with Gasteiger partial charge >= 0.3 is 0 Å². The van der Waals surface area contributed by atoms with Gasteiger partial charge in [-0.1, -0.05) is 57.9 Å². The number of benzene rings is 3. The van der Waals surface area contributed by atoms with Crippen LogP contribution in [0.3, 0.4) is 0 Å². The highest BCUT2D eigenvalue weighted by Crippen LogP contribution is 2.47. The van der Waals surface area contributed by atoms with E-state index in [1.54, 1.807) is 35.4 Å². The average molecular weight is 484 g/mol. The minimum Gasteiger partial charge on any atom is -0.273 e. The highest BCUT2D eigenvalue weighted by molar-refractivity contribution is 9.10. The standard InChI is InChI=1S/C23H16BrClN2O3/c24-15-9-11-17(12-10-15)26-22(28)19-20(14-5-4-6-16(25)13-14)27(30-21(19)23(26)29)18-7-2-1-3-8-18/h1-13,19-21H/t19-,20+,21+/m0/s1. The van der Waals surface area contributed by atoms with Crippen molar-refractivity contribution in [1.29, 1.82) is 0 Å². The van der Waals surface area contributed by atoms with E-state index in [1.165, 1.54) is 4.90 Å². The quantitative estimate of drug-likeness (QED) is 0.483. The molecule has 150 valence electrons. The second kappa shape index (κ2) is 7.54. The van der Waals surface area contributed by atoms with E-state index in [1.807, 2.05) is 48.5 Å². The summed E-state index contributed by atoms with van der Waals surface area (Å²) in [6, 6.07) is 23.4. The van der Waals surface area contributed by atoms with E-state index < -0.39 is 18.1 Å². The molecule has 30 heavy (non-hydrogen) atoms. The fourth-order valence-corrected chi connectivity index (χ4v) is 4.55. The summed E-state index contributed by atoms with van der Waals surface area (Å²) in [5.41, 5.74) is 2.12. The van der Waals surface area contributed by atoms with E-state index in [0.717, 1.165) is 15.7 Å². The van der Waals surface area contributed by atoms with Crippen molar-refractivity contribution in [2.24, 2.45) is 5.92 Å². The molecule has 0 radical (unpaired) electrons. The Morgan fingerprint density at radius 3 is 2.27 bits per heavy atom. The van der Waals surface area contributed by atoms with Crippen LogP contribution < -0.4 is 9.96 Å². The van der Waals surface area contributed by atoms with Crippen molar-refractivity contribution in [3.8, 4) is 0 Å². The fraction of sp³-hybridized carbons (Fsp3) is 0.130. The van der Waals surface area contributed by atoms with Gasteiger partial charge in [0.1, 0.15) is 5.92 Å². The first-order valence-corrected chi connectivity index (χ1v) is 10.6. The first kappa shape index (κ1) is 19.3. The van der Waals surface area contributed by atoms with Crippen LogP contribution in [0.2, 0.25) is 5.02 Å². The lowest BCUT2D eigenvalue weighted by molar-refractivity contribution is -0.126. The maximum Gasteiger partial charge on any atom is 0.266 e. The highest BCUT2D eigenvalue weighted by Gasteiger charge is 2.60. The number of anilines is 2. The number of rotatable bonds is 3. The fourth-order valence-electron chi connectivity index (χ4n) is 4.09.